The van der Waals surface area contributed by atoms with Crippen LogP contribution in [0.2, 0.25) is 0 Å². The first kappa shape index (κ1) is 13.5. The summed E-state index contributed by atoms with van der Waals surface area (Å²) in [5.41, 5.74) is 6.58. The summed E-state index contributed by atoms with van der Waals surface area (Å²) in [5.74, 6) is 1.13. The molecule has 0 aliphatic rings. The highest BCUT2D eigenvalue weighted by Crippen LogP contribution is 2.42. The molecule has 2 nitrogen and oxygen atoms in total. The number of hydrogen-bond donors (Lipinski definition) is 1. The van der Waals surface area contributed by atoms with Gasteiger partial charge in [-0.3, -0.25) is 0 Å². The van der Waals surface area contributed by atoms with Crippen LogP contribution in [0.15, 0.2) is 24.3 Å². The number of phenolic OH excluding ortho intramolecular Hbond substituents is 1. The Labute approximate surface area is 114 Å². The Morgan fingerprint density at radius 1 is 0.842 bits per heavy atom. The van der Waals surface area contributed by atoms with Crippen molar-refractivity contribution >= 4 is 0 Å². The van der Waals surface area contributed by atoms with Gasteiger partial charge < -0.3 is 9.84 Å². The topological polar surface area (TPSA) is 29.5 Å². The molecule has 0 fully saturated rings. The third kappa shape index (κ3) is 2.07. The molecule has 0 heterocycles. The number of aromatic hydroxyl groups is 1. The molecular formula is C17H20O2. The summed E-state index contributed by atoms with van der Waals surface area (Å²) >= 11 is 0. The number of methoxy groups -OCH3 is 1. The van der Waals surface area contributed by atoms with E-state index in [0.717, 1.165) is 28.0 Å². The van der Waals surface area contributed by atoms with E-state index < -0.39 is 0 Å². The van der Waals surface area contributed by atoms with E-state index in [2.05, 4.69) is 27.7 Å². The second-order valence-corrected chi connectivity index (χ2v) is 4.93. The Balaban J connectivity index is 2.87. The molecule has 19 heavy (non-hydrogen) atoms. The van der Waals surface area contributed by atoms with Gasteiger partial charge in [0.25, 0.3) is 0 Å². The number of ether oxygens (including phenoxy) is 1. The third-order valence-corrected chi connectivity index (χ3v) is 4.01. The van der Waals surface area contributed by atoms with E-state index in [4.69, 9.17) is 4.74 Å². The average molecular weight is 256 g/mol. The Bertz CT molecular complexity index is 628. The fourth-order valence-electron chi connectivity index (χ4n) is 2.54. The maximum absolute atomic E-state index is 10.1. The van der Waals surface area contributed by atoms with E-state index in [0.29, 0.717) is 0 Å². The lowest BCUT2D eigenvalue weighted by atomic mass is 9.89. The van der Waals surface area contributed by atoms with Crippen molar-refractivity contribution in [3.63, 3.8) is 0 Å². The normalized spacial score (nSPS) is 10.6. The van der Waals surface area contributed by atoms with Gasteiger partial charge in [-0.2, -0.15) is 0 Å². The highest BCUT2D eigenvalue weighted by molar-refractivity contribution is 5.81. The van der Waals surface area contributed by atoms with Gasteiger partial charge in [0.15, 0.2) is 0 Å². The molecule has 0 unspecified atom stereocenters. The number of phenols is 1. The highest BCUT2D eigenvalue weighted by atomic mass is 16.5. The number of rotatable bonds is 2. The smallest absolute Gasteiger partial charge is 0.130 e. The second-order valence-electron chi connectivity index (χ2n) is 4.93. The minimum atomic E-state index is 0.284. The molecular weight excluding hydrogens is 236 g/mol. The summed E-state index contributed by atoms with van der Waals surface area (Å²) in [6, 6.07) is 7.39. The monoisotopic (exact) mass is 256 g/mol. The Morgan fingerprint density at radius 2 is 1.42 bits per heavy atom. The number of hydrogen-bond acceptors (Lipinski definition) is 2. The lowest BCUT2D eigenvalue weighted by Gasteiger charge is -2.20. The second kappa shape index (κ2) is 4.96. The zero-order chi connectivity index (χ0) is 14.2. The molecule has 0 bridgehead atoms. The van der Waals surface area contributed by atoms with Gasteiger partial charge in [-0.05, 0) is 56.0 Å². The van der Waals surface area contributed by atoms with Gasteiger partial charge in [-0.25, -0.2) is 0 Å². The van der Waals surface area contributed by atoms with Crippen molar-refractivity contribution in [2.24, 2.45) is 0 Å². The number of para-hydroxylation sites is 1. The van der Waals surface area contributed by atoms with Crippen LogP contribution < -0.4 is 4.74 Å². The summed E-state index contributed by atoms with van der Waals surface area (Å²) in [7, 11) is 1.68. The van der Waals surface area contributed by atoms with Gasteiger partial charge >= 0.3 is 0 Å². The van der Waals surface area contributed by atoms with Gasteiger partial charge in [0.05, 0.1) is 7.11 Å². The summed E-state index contributed by atoms with van der Waals surface area (Å²) < 4.78 is 5.59. The Hall–Kier alpha value is -1.96. The predicted molar refractivity (Wildman–Crippen MR) is 79.0 cm³/mol. The molecule has 0 saturated carbocycles. The average Bonchev–Trinajstić information content (AvgIpc) is 2.41. The van der Waals surface area contributed by atoms with Crippen molar-refractivity contribution < 1.29 is 9.84 Å². The van der Waals surface area contributed by atoms with E-state index in [1.54, 1.807) is 13.2 Å². The maximum Gasteiger partial charge on any atom is 0.130 e. The zero-order valence-electron chi connectivity index (χ0n) is 12.2. The van der Waals surface area contributed by atoms with Crippen LogP contribution in [0.1, 0.15) is 22.3 Å². The third-order valence-electron chi connectivity index (χ3n) is 4.01. The summed E-state index contributed by atoms with van der Waals surface area (Å²) in [4.78, 5) is 0. The predicted octanol–water partition coefficient (Wildman–Crippen LogP) is 4.30. The Kier molecular flexibility index (Phi) is 3.52. The van der Waals surface area contributed by atoms with Crippen LogP contribution in [-0.2, 0) is 0 Å². The van der Waals surface area contributed by atoms with Crippen LogP contribution in [0.3, 0.4) is 0 Å². The number of benzene rings is 2. The maximum atomic E-state index is 10.1. The van der Waals surface area contributed by atoms with E-state index >= 15 is 0 Å². The van der Waals surface area contributed by atoms with Crippen LogP contribution in [-0.4, -0.2) is 12.2 Å². The molecule has 2 aromatic rings. The van der Waals surface area contributed by atoms with E-state index in [-0.39, 0.29) is 5.75 Å². The molecule has 0 aromatic heterocycles. The van der Waals surface area contributed by atoms with Crippen LogP contribution in [0.25, 0.3) is 11.1 Å². The molecule has 2 rings (SSSR count). The van der Waals surface area contributed by atoms with E-state index in [1.807, 2.05) is 18.2 Å². The first-order valence-corrected chi connectivity index (χ1v) is 6.41. The molecule has 2 aromatic carbocycles. The fourth-order valence-corrected chi connectivity index (χ4v) is 2.54. The molecule has 0 amide bonds. The molecule has 100 valence electrons. The van der Waals surface area contributed by atoms with Crippen LogP contribution in [0.4, 0.5) is 0 Å². The molecule has 0 aliphatic carbocycles. The molecule has 0 saturated heterocycles. The van der Waals surface area contributed by atoms with Crippen molar-refractivity contribution in [1.82, 2.24) is 0 Å². The lowest BCUT2D eigenvalue weighted by Crippen LogP contribution is -2.00. The molecule has 2 heteroatoms. The van der Waals surface area contributed by atoms with Gasteiger partial charge in [-0.1, -0.05) is 18.2 Å². The van der Waals surface area contributed by atoms with Crippen molar-refractivity contribution in [3.8, 4) is 22.6 Å². The van der Waals surface area contributed by atoms with Gasteiger partial charge in [0.2, 0.25) is 0 Å². The van der Waals surface area contributed by atoms with E-state index in [9.17, 15) is 5.11 Å². The van der Waals surface area contributed by atoms with E-state index in [1.165, 1.54) is 11.1 Å². The minimum Gasteiger partial charge on any atom is -0.507 e. The molecule has 0 aliphatic heterocycles. The summed E-state index contributed by atoms with van der Waals surface area (Å²) in [6.45, 7) is 8.35. The minimum absolute atomic E-state index is 0.284. The molecule has 0 atom stereocenters. The fraction of sp³-hybridized carbons (Fsp3) is 0.294. The van der Waals surface area contributed by atoms with Crippen molar-refractivity contribution in [3.05, 3.63) is 46.5 Å². The van der Waals surface area contributed by atoms with Crippen molar-refractivity contribution in [2.45, 2.75) is 27.7 Å². The van der Waals surface area contributed by atoms with Gasteiger partial charge in [0.1, 0.15) is 11.5 Å². The summed E-state index contributed by atoms with van der Waals surface area (Å²) in [6.07, 6.45) is 0. The largest absolute Gasteiger partial charge is 0.507 e. The SMILES string of the molecule is COc1c(C)c(C)c(C)c(C)c1-c1ccccc1O. The zero-order valence-corrected chi connectivity index (χ0v) is 12.2. The van der Waals surface area contributed by atoms with Gasteiger partial charge in [-0.15, -0.1) is 0 Å². The summed E-state index contributed by atoms with van der Waals surface area (Å²) in [5, 5.41) is 10.1. The van der Waals surface area contributed by atoms with Crippen molar-refractivity contribution in [1.29, 1.82) is 0 Å². The molecule has 0 spiro atoms. The van der Waals surface area contributed by atoms with Crippen LogP contribution in [0, 0.1) is 27.7 Å². The van der Waals surface area contributed by atoms with Crippen molar-refractivity contribution in [2.75, 3.05) is 7.11 Å². The molecule has 0 radical (unpaired) electrons. The standard InChI is InChI=1S/C17H20O2/c1-10-11(2)13(4)17(19-5)16(12(10)3)14-8-6-7-9-15(14)18/h6-9,18H,1-5H3. The first-order valence-electron chi connectivity index (χ1n) is 6.41. The molecule has 1 N–H and O–H groups in total. The van der Waals surface area contributed by atoms with Crippen LogP contribution in [0.5, 0.6) is 11.5 Å². The lowest BCUT2D eigenvalue weighted by molar-refractivity contribution is 0.412. The Morgan fingerprint density at radius 3 is 2.00 bits per heavy atom. The quantitative estimate of drug-likeness (QED) is 0.868. The van der Waals surface area contributed by atoms with Gasteiger partial charge in [0, 0.05) is 11.1 Å². The highest BCUT2D eigenvalue weighted by Gasteiger charge is 2.18. The van der Waals surface area contributed by atoms with Crippen LogP contribution >= 0.6 is 0 Å². The first-order chi connectivity index (χ1) is 8.99.